The molecule has 0 aliphatic rings. The number of allylic oxidation sites excluding steroid dienone is 6. The number of aliphatic hydroxyl groups excluding tert-OH is 1. The fourth-order valence-electron chi connectivity index (χ4n) is 2.54. The minimum Gasteiger partial charge on any atom is -0.480 e. The third-order valence-electron chi connectivity index (χ3n) is 4.12. The van der Waals surface area contributed by atoms with Gasteiger partial charge in [-0.1, -0.05) is 62.6 Å². The lowest BCUT2D eigenvalue weighted by atomic mass is 10.1. The maximum absolute atomic E-state index is 11.7. The summed E-state index contributed by atoms with van der Waals surface area (Å²) in [7, 11) is 0. The van der Waals surface area contributed by atoms with Crippen molar-refractivity contribution in [3.05, 3.63) is 36.5 Å². The van der Waals surface area contributed by atoms with Gasteiger partial charge in [-0.25, -0.2) is 4.79 Å². The van der Waals surface area contributed by atoms with Gasteiger partial charge in [0.15, 0.2) is 6.04 Å². The summed E-state index contributed by atoms with van der Waals surface area (Å²) in [6, 6.07) is -1.23. The van der Waals surface area contributed by atoms with E-state index in [9.17, 15) is 14.7 Å². The van der Waals surface area contributed by atoms with Crippen molar-refractivity contribution in [3.63, 3.8) is 0 Å². The van der Waals surface area contributed by atoms with E-state index in [1.165, 1.54) is 6.92 Å². The Morgan fingerprint density at radius 3 is 2.04 bits per heavy atom. The summed E-state index contributed by atoms with van der Waals surface area (Å²) in [5.41, 5.74) is 0. The number of unbranched alkanes of at least 4 members (excludes halogenated alkanes) is 5. The Bertz CT molecular complexity index is 481. The van der Waals surface area contributed by atoms with Gasteiger partial charge in [0.05, 0.1) is 6.10 Å². The van der Waals surface area contributed by atoms with Gasteiger partial charge in [0.1, 0.15) is 0 Å². The summed E-state index contributed by atoms with van der Waals surface area (Å²) in [5, 5.41) is 20.6. The Kier molecular flexibility index (Phi) is 16.3. The molecule has 0 radical (unpaired) electrons. The number of aliphatic hydroxyl groups is 1. The fraction of sp³-hybridized carbons (Fsp3) is 0.636. The summed E-state index contributed by atoms with van der Waals surface area (Å²) in [5.74, 6) is -1.53. The molecule has 0 heterocycles. The van der Waals surface area contributed by atoms with Crippen LogP contribution in [0.5, 0.6) is 0 Å². The van der Waals surface area contributed by atoms with Crippen LogP contribution in [0.1, 0.15) is 78.1 Å². The van der Waals surface area contributed by atoms with Crippen LogP contribution in [0.15, 0.2) is 36.5 Å². The zero-order chi connectivity index (χ0) is 20.3. The first-order valence-corrected chi connectivity index (χ1v) is 10.1. The van der Waals surface area contributed by atoms with Gasteiger partial charge < -0.3 is 15.5 Å². The summed E-state index contributed by atoms with van der Waals surface area (Å²) in [4.78, 5) is 22.6. The summed E-state index contributed by atoms with van der Waals surface area (Å²) < 4.78 is 0. The first kappa shape index (κ1) is 25.1. The van der Waals surface area contributed by atoms with Crippen LogP contribution in [0.25, 0.3) is 0 Å². The molecule has 0 saturated heterocycles. The lowest BCUT2D eigenvalue weighted by Crippen LogP contribution is -2.47. The van der Waals surface area contributed by atoms with Gasteiger partial charge in [0.2, 0.25) is 5.91 Å². The minimum absolute atomic E-state index is 0.302. The highest BCUT2D eigenvalue weighted by atomic mass is 16.4. The number of carboxylic acids is 1. The molecule has 2 atom stereocenters. The zero-order valence-corrected chi connectivity index (χ0v) is 16.9. The molecule has 5 heteroatoms. The largest absolute Gasteiger partial charge is 0.480 e. The van der Waals surface area contributed by atoms with Gasteiger partial charge >= 0.3 is 5.97 Å². The monoisotopic (exact) mass is 379 g/mol. The molecule has 0 bridgehead atoms. The highest BCUT2D eigenvalue weighted by molar-refractivity contribution is 5.83. The van der Waals surface area contributed by atoms with Gasteiger partial charge in [-0.2, -0.15) is 0 Å². The molecule has 0 aromatic rings. The topological polar surface area (TPSA) is 86.6 Å². The summed E-state index contributed by atoms with van der Waals surface area (Å²) in [6.45, 7) is 3.49. The first-order chi connectivity index (χ1) is 13.0. The van der Waals surface area contributed by atoms with Crippen molar-refractivity contribution in [1.29, 1.82) is 0 Å². The molecule has 3 N–H and O–H groups in total. The van der Waals surface area contributed by atoms with E-state index >= 15 is 0 Å². The number of amides is 1. The molecule has 1 amide bonds. The lowest BCUT2D eigenvalue weighted by molar-refractivity contribution is -0.144. The third kappa shape index (κ3) is 16.0. The summed E-state index contributed by atoms with van der Waals surface area (Å²) in [6.07, 6.45) is 21.6. The second kappa shape index (κ2) is 17.5. The van der Waals surface area contributed by atoms with E-state index in [-0.39, 0.29) is 5.91 Å². The Morgan fingerprint density at radius 1 is 0.889 bits per heavy atom. The predicted octanol–water partition coefficient (Wildman–Crippen LogP) is 4.53. The maximum Gasteiger partial charge on any atom is 0.328 e. The van der Waals surface area contributed by atoms with E-state index in [0.717, 1.165) is 57.8 Å². The van der Waals surface area contributed by atoms with E-state index in [2.05, 4.69) is 48.7 Å². The number of nitrogens with one attached hydrogen (secondary N) is 1. The Balaban J connectivity index is 3.56. The van der Waals surface area contributed by atoms with E-state index in [1.807, 2.05) is 0 Å². The molecule has 154 valence electrons. The van der Waals surface area contributed by atoms with Crippen LogP contribution >= 0.6 is 0 Å². The Morgan fingerprint density at radius 2 is 1.44 bits per heavy atom. The first-order valence-electron chi connectivity index (χ1n) is 10.1. The van der Waals surface area contributed by atoms with Crippen LogP contribution < -0.4 is 5.32 Å². The average Bonchev–Trinajstić information content (AvgIpc) is 2.62. The Labute approximate surface area is 164 Å². The second-order valence-corrected chi connectivity index (χ2v) is 6.72. The number of hydrogen-bond acceptors (Lipinski definition) is 3. The second-order valence-electron chi connectivity index (χ2n) is 6.72. The van der Waals surface area contributed by atoms with Gasteiger partial charge in [-0.3, -0.25) is 4.79 Å². The smallest absolute Gasteiger partial charge is 0.328 e. The van der Waals surface area contributed by atoms with Gasteiger partial charge in [0.25, 0.3) is 0 Å². The van der Waals surface area contributed by atoms with Crippen LogP contribution in [0.4, 0.5) is 0 Å². The molecule has 0 aliphatic heterocycles. The van der Waals surface area contributed by atoms with Crippen molar-refractivity contribution in [2.75, 3.05) is 0 Å². The van der Waals surface area contributed by atoms with Crippen LogP contribution in [-0.2, 0) is 9.59 Å². The van der Waals surface area contributed by atoms with Crippen LogP contribution in [0.3, 0.4) is 0 Å². The fourth-order valence-corrected chi connectivity index (χ4v) is 2.54. The summed E-state index contributed by atoms with van der Waals surface area (Å²) >= 11 is 0. The predicted molar refractivity (Wildman–Crippen MR) is 111 cm³/mol. The molecule has 0 aromatic carbocycles. The molecule has 0 rings (SSSR count). The number of carbonyl (C=O) groups excluding carboxylic acids is 1. The molecule has 0 saturated carbocycles. The average molecular weight is 380 g/mol. The van der Waals surface area contributed by atoms with Crippen molar-refractivity contribution in [3.8, 4) is 0 Å². The van der Waals surface area contributed by atoms with E-state index in [1.54, 1.807) is 0 Å². The number of hydrogen-bond donors (Lipinski definition) is 3. The van der Waals surface area contributed by atoms with Crippen molar-refractivity contribution in [1.82, 2.24) is 5.32 Å². The zero-order valence-electron chi connectivity index (χ0n) is 16.9. The molecule has 0 fully saturated rings. The lowest BCUT2D eigenvalue weighted by Gasteiger charge is -2.16. The molecule has 0 aliphatic carbocycles. The van der Waals surface area contributed by atoms with E-state index in [4.69, 9.17) is 5.11 Å². The van der Waals surface area contributed by atoms with Crippen LogP contribution in [-0.4, -0.2) is 34.2 Å². The van der Waals surface area contributed by atoms with Crippen molar-refractivity contribution in [2.24, 2.45) is 0 Å². The van der Waals surface area contributed by atoms with Gasteiger partial charge in [-0.15, -0.1) is 0 Å². The van der Waals surface area contributed by atoms with Crippen LogP contribution in [0.2, 0.25) is 0 Å². The quantitative estimate of drug-likeness (QED) is 0.272. The highest BCUT2D eigenvalue weighted by Gasteiger charge is 2.24. The van der Waals surface area contributed by atoms with Crippen molar-refractivity contribution < 1.29 is 19.8 Å². The van der Waals surface area contributed by atoms with E-state index < -0.39 is 18.1 Å². The minimum atomic E-state index is -1.23. The number of aliphatic carboxylic acids is 1. The third-order valence-corrected chi connectivity index (χ3v) is 4.12. The Hall–Kier alpha value is -1.88. The van der Waals surface area contributed by atoms with Crippen LogP contribution in [0, 0.1) is 0 Å². The van der Waals surface area contributed by atoms with E-state index in [0.29, 0.717) is 6.42 Å². The highest BCUT2D eigenvalue weighted by Crippen LogP contribution is 2.08. The van der Waals surface area contributed by atoms with Crippen molar-refractivity contribution >= 4 is 11.9 Å². The normalized spacial score (nSPS) is 14.2. The molecular weight excluding hydrogens is 342 g/mol. The molecule has 5 nitrogen and oxygen atoms in total. The SMILES string of the molecule is CC/C=C\C/C=C\C/C=C\CCCCCCCC(=O)N[C@H](C(=O)O)[C@@H](C)O. The van der Waals surface area contributed by atoms with Gasteiger partial charge in [-0.05, 0) is 45.4 Å². The van der Waals surface area contributed by atoms with Gasteiger partial charge in [0, 0.05) is 6.42 Å². The number of carbonyl (C=O) groups is 2. The molecule has 0 unspecified atom stereocenters. The molecule has 0 spiro atoms. The standard InChI is InChI=1S/C22H37NO4/c1-3-4-5-6-7-8-9-10-11-12-13-14-15-16-17-18-20(25)23-21(19(2)24)22(26)27/h4-5,7-8,10-11,19,21,24H,3,6,9,12-18H2,1-2H3,(H,23,25)(H,26,27)/b5-4-,8-7-,11-10-/t19-,21+/m1/s1. The number of rotatable bonds is 16. The molecule has 27 heavy (non-hydrogen) atoms. The maximum atomic E-state index is 11.7. The molecular formula is C22H37NO4. The molecule has 0 aromatic heterocycles. The number of carboxylic acid groups (broad SMARTS) is 1. The van der Waals surface area contributed by atoms with Crippen molar-refractivity contribution in [2.45, 2.75) is 90.2 Å².